The molecular weight excluding hydrogens is 440 g/mol. The number of rotatable bonds is 5. The number of benzene rings is 1. The number of halogens is 6. The van der Waals surface area contributed by atoms with Gasteiger partial charge in [-0.25, -0.2) is 4.39 Å². The molecule has 0 radical (unpaired) electrons. The summed E-state index contributed by atoms with van der Waals surface area (Å²) < 4.78 is 85.6. The SMILES string of the molecule is CN1CCC[C@@H](Nc2nnc(-c3c(F)cc(C(F)(F)F)cc3OC(F)F)c3cccn23)C1. The van der Waals surface area contributed by atoms with Gasteiger partial charge in [0.1, 0.15) is 17.3 Å². The van der Waals surface area contributed by atoms with Crippen LogP contribution in [0.25, 0.3) is 16.8 Å². The van der Waals surface area contributed by atoms with Gasteiger partial charge in [0.05, 0.1) is 16.6 Å². The Morgan fingerprint density at radius 1 is 1.22 bits per heavy atom. The fraction of sp³-hybridized carbons (Fsp3) is 0.400. The molecule has 1 N–H and O–H groups in total. The Hall–Kier alpha value is -3.02. The number of likely N-dealkylation sites (N-methyl/N-ethyl adjacent to an activating group) is 1. The summed E-state index contributed by atoms with van der Waals surface area (Å²) in [5.74, 6) is -2.03. The van der Waals surface area contributed by atoms with Crippen LogP contribution in [0.1, 0.15) is 18.4 Å². The summed E-state index contributed by atoms with van der Waals surface area (Å²) in [4.78, 5) is 2.15. The molecule has 0 amide bonds. The Labute approximate surface area is 178 Å². The number of piperidine rings is 1. The lowest BCUT2D eigenvalue weighted by atomic mass is 10.0. The number of hydrogen-bond donors (Lipinski definition) is 1. The van der Waals surface area contributed by atoms with Gasteiger partial charge in [-0.2, -0.15) is 22.0 Å². The number of anilines is 1. The number of hydrogen-bond acceptors (Lipinski definition) is 5. The second-order valence-corrected chi connectivity index (χ2v) is 7.59. The minimum absolute atomic E-state index is 0.0834. The molecule has 1 fully saturated rings. The highest BCUT2D eigenvalue weighted by Crippen LogP contribution is 2.40. The fourth-order valence-electron chi connectivity index (χ4n) is 3.86. The highest BCUT2D eigenvalue weighted by molar-refractivity contribution is 5.82. The molecule has 1 aliphatic heterocycles. The first-order valence-corrected chi connectivity index (χ1v) is 9.78. The average molecular weight is 459 g/mol. The molecule has 1 aliphatic rings. The van der Waals surface area contributed by atoms with E-state index in [0.29, 0.717) is 12.0 Å². The van der Waals surface area contributed by atoms with Crippen LogP contribution in [-0.4, -0.2) is 52.3 Å². The van der Waals surface area contributed by atoms with Gasteiger partial charge >= 0.3 is 12.8 Å². The molecule has 0 spiro atoms. The Bertz CT molecular complexity index is 1120. The van der Waals surface area contributed by atoms with E-state index in [4.69, 9.17) is 0 Å². The topological polar surface area (TPSA) is 54.7 Å². The van der Waals surface area contributed by atoms with Crippen LogP contribution >= 0.6 is 0 Å². The Kier molecular flexibility index (Phi) is 5.89. The molecule has 1 aromatic carbocycles. The number of fused-ring (bicyclic) bond motifs is 1. The zero-order valence-corrected chi connectivity index (χ0v) is 16.8. The third kappa shape index (κ3) is 4.45. The van der Waals surface area contributed by atoms with Gasteiger partial charge in [0.15, 0.2) is 0 Å². The average Bonchev–Trinajstić information content (AvgIpc) is 3.18. The van der Waals surface area contributed by atoms with Crippen molar-refractivity contribution in [3.8, 4) is 17.0 Å². The van der Waals surface area contributed by atoms with Crippen molar-refractivity contribution in [2.45, 2.75) is 31.7 Å². The number of likely N-dealkylation sites (tertiary alicyclic amines) is 1. The van der Waals surface area contributed by atoms with Crippen LogP contribution in [-0.2, 0) is 6.18 Å². The summed E-state index contributed by atoms with van der Waals surface area (Å²) >= 11 is 0. The Balaban J connectivity index is 1.79. The number of nitrogens with one attached hydrogen (secondary N) is 1. The summed E-state index contributed by atoms with van der Waals surface area (Å²) in [5, 5.41) is 11.3. The summed E-state index contributed by atoms with van der Waals surface area (Å²) in [7, 11) is 1.99. The van der Waals surface area contributed by atoms with Gasteiger partial charge in [-0.05, 0) is 50.7 Å². The number of aromatic nitrogens is 3. The van der Waals surface area contributed by atoms with Crippen molar-refractivity contribution < 1.29 is 31.1 Å². The molecule has 1 saturated heterocycles. The summed E-state index contributed by atoms with van der Waals surface area (Å²) in [6, 6.07) is 3.77. The summed E-state index contributed by atoms with van der Waals surface area (Å²) in [5.41, 5.74) is -2.03. The monoisotopic (exact) mass is 459 g/mol. The first-order chi connectivity index (χ1) is 15.1. The molecule has 4 rings (SSSR count). The normalized spacial score (nSPS) is 17.8. The van der Waals surface area contributed by atoms with Gasteiger partial charge in [0, 0.05) is 18.8 Å². The molecule has 3 aromatic rings. The van der Waals surface area contributed by atoms with Crippen LogP contribution in [0.3, 0.4) is 0 Å². The first kappa shape index (κ1) is 22.2. The van der Waals surface area contributed by atoms with E-state index in [1.54, 1.807) is 16.7 Å². The maximum atomic E-state index is 14.8. The lowest BCUT2D eigenvalue weighted by Crippen LogP contribution is -2.40. The van der Waals surface area contributed by atoms with E-state index in [2.05, 4.69) is 25.2 Å². The smallest absolute Gasteiger partial charge is 0.416 e. The van der Waals surface area contributed by atoms with Crippen molar-refractivity contribution in [1.82, 2.24) is 19.5 Å². The van der Waals surface area contributed by atoms with Gasteiger partial charge < -0.3 is 15.0 Å². The molecule has 1 atom stereocenters. The van der Waals surface area contributed by atoms with E-state index < -0.39 is 35.5 Å². The first-order valence-electron chi connectivity index (χ1n) is 9.78. The van der Waals surface area contributed by atoms with E-state index in [9.17, 15) is 26.3 Å². The molecular formula is C20H19F6N5O. The molecule has 0 bridgehead atoms. The third-order valence-electron chi connectivity index (χ3n) is 5.26. The van der Waals surface area contributed by atoms with Gasteiger partial charge in [-0.3, -0.25) is 4.40 Å². The number of nitrogens with zero attached hydrogens (tertiary/aromatic N) is 4. The molecule has 3 heterocycles. The molecule has 32 heavy (non-hydrogen) atoms. The summed E-state index contributed by atoms with van der Waals surface area (Å²) in [6.45, 7) is -1.72. The van der Waals surface area contributed by atoms with E-state index in [0.717, 1.165) is 25.9 Å². The fourth-order valence-corrected chi connectivity index (χ4v) is 3.86. The highest BCUT2D eigenvalue weighted by Gasteiger charge is 2.34. The second-order valence-electron chi connectivity index (χ2n) is 7.59. The van der Waals surface area contributed by atoms with Gasteiger partial charge in [0.25, 0.3) is 0 Å². The van der Waals surface area contributed by atoms with Crippen LogP contribution in [0.2, 0.25) is 0 Å². The highest BCUT2D eigenvalue weighted by atomic mass is 19.4. The maximum absolute atomic E-state index is 14.8. The van der Waals surface area contributed by atoms with Gasteiger partial charge in [-0.15, -0.1) is 10.2 Å². The third-order valence-corrected chi connectivity index (χ3v) is 5.26. The van der Waals surface area contributed by atoms with Crippen molar-refractivity contribution >= 4 is 11.5 Å². The molecule has 0 aliphatic carbocycles. The zero-order chi connectivity index (χ0) is 23.0. The lowest BCUT2D eigenvalue weighted by molar-refractivity contribution is -0.138. The van der Waals surface area contributed by atoms with Gasteiger partial charge in [-0.1, -0.05) is 0 Å². The Morgan fingerprint density at radius 3 is 2.69 bits per heavy atom. The van der Waals surface area contributed by atoms with Crippen LogP contribution < -0.4 is 10.1 Å². The quantitative estimate of drug-likeness (QED) is 0.563. The number of alkyl halides is 5. The van der Waals surface area contributed by atoms with Crippen molar-refractivity contribution in [3.05, 3.63) is 41.8 Å². The minimum Gasteiger partial charge on any atom is -0.434 e. The predicted molar refractivity (Wildman–Crippen MR) is 104 cm³/mol. The molecule has 2 aromatic heterocycles. The standard InChI is InChI=1S/C20H19F6N5O/c1-30-6-2-4-12(10-30)27-19-29-28-17(14-5-3-7-31(14)19)16-13(21)8-11(20(24,25)26)9-15(16)32-18(22)23/h3,5,7-9,12,18H,2,4,6,10H2,1H3,(H,27,29)/t12-/m1/s1. The van der Waals surface area contributed by atoms with Crippen molar-refractivity contribution in [2.75, 3.05) is 25.5 Å². The molecule has 172 valence electrons. The van der Waals surface area contributed by atoms with E-state index >= 15 is 0 Å². The van der Waals surface area contributed by atoms with Crippen LogP contribution in [0, 0.1) is 5.82 Å². The summed E-state index contributed by atoms with van der Waals surface area (Å²) in [6.07, 6.45) is -1.45. The van der Waals surface area contributed by atoms with Gasteiger partial charge in [0.2, 0.25) is 5.95 Å². The molecule has 6 nitrogen and oxygen atoms in total. The van der Waals surface area contributed by atoms with E-state index in [1.807, 2.05) is 7.05 Å². The Morgan fingerprint density at radius 2 is 2.00 bits per heavy atom. The molecule has 0 unspecified atom stereocenters. The second kappa shape index (κ2) is 8.49. The molecule has 12 heteroatoms. The van der Waals surface area contributed by atoms with Crippen LogP contribution in [0.5, 0.6) is 5.75 Å². The number of ether oxygens (including phenoxy) is 1. The van der Waals surface area contributed by atoms with Crippen molar-refractivity contribution in [2.24, 2.45) is 0 Å². The largest absolute Gasteiger partial charge is 0.434 e. The molecule has 0 saturated carbocycles. The predicted octanol–water partition coefficient (Wildman–Crippen LogP) is 4.66. The van der Waals surface area contributed by atoms with Crippen molar-refractivity contribution in [3.63, 3.8) is 0 Å². The van der Waals surface area contributed by atoms with Crippen molar-refractivity contribution in [1.29, 1.82) is 0 Å². The van der Waals surface area contributed by atoms with Crippen LogP contribution in [0.15, 0.2) is 30.5 Å². The minimum atomic E-state index is -4.95. The lowest BCUT2D eigenvalue weighted by Gasteiger charge is -2.30. The van der Waals surface area contributed by atoms with Crippen LogP contribution in [0.4, 0.5) is 32.3 Å². The van der Waals surface area contributed by atoms with E-state index in [1.165, 1.54) is 6.07 Å². The maximum Gasteiger partial charge on any atom is 0.416 e. The zero-order valence-electron chi connectivity index (χ0n) is 16.8. The van der Waals surface area contributed by atoms with E-state index in [-0.39, 0.29) is 23.3 Å².